The third-order valence-electron chi connectivity index (χ3n) is 2.67. The SMILES string of the molecule is Cc1cc(CCCC(=O)NC(C)CO)c(C)s1. The molecule has 1 unspecified atom stereocenters. The summed E-state index contributed by atoms with van der Waals surface area (Å²) in [7, 11) is 0. The molecule has 0 aromatic carbocycles. The van der Waals surface area contributed by atoms with Gasteiger partial charge in [0.05, 0.1) is 6.61 Å². The summed E-state index contributed by atoms with van der Waals surface area (Å²) in [6, 6.07) is 2.06. The summed E-state index contributed by atoms with van der Waals surface area (Å²) in [6.07, 6.45) is 2.34. The van der Waals surface area contributed by atoms with E-state index in [1.165, 1.54) is 15.3 Å². The van der Waals surface area contributed by atoms with E-state index in [-0.39, 0.29) is 18.6 Å². The minimum Gasteiger partial charge on any atom is -0.394 e. The zero-order valence-corrected chi connectivity index (χ0v) is 11.6. The van der Waals surface area contributed by atoms with Crippen molar-refractivity contribution in [3.63, 3.8) is 0 Å². The number of aliphatic hydroxyl groups is 1. The van der Waals surface area contributed by atoms with Gasteiger partial charge in [0.15, 0.2) is 0 Å². The van der Waals surface area contributed by atoms with Gasteiger partial charge in [0.25, 0.3) is 0 Å². The maximum atomic E-state index is 11.5. The smallest absolute Gasteiger partial charge is 0.220 e. The van der Waals surface area contributed by atoms with Crippen LogP contribution < -0.4 is 5.32 Å². The van der Waals surface area contributed by atoms with Gasteiger partial charge >= 0.3 is 0 Å². The summed E-state index contributed by atoms with van der Waals surface area (Å²) >= 11 is 1.81. The minimum absolute atomic E-state index is 0.00538. The molecule has 0 saturated carbocycles. The van der Waals surface area contributed by atoms with E-state index < -0.39 is 0 Å². The normalized spacial score (nSPS) is 12.5. The number of nitrogens with one attached hydrogen (secondary N) is 1. The lowest BCUT2D eigenvalue weighted by Gasteiger charge is -2.10. The number of rotatable bonds is 6. The fourth-order valence-corrected chi connectivity index (χ4v) is 2.74. The largest absolute Gasteiger partial charge is 0.394 e. The van der Waals surface area contributed by atoms with Gasteiger partial charge in [-0.3, -0.25) is 4.79 Å². The van der Waals surface area contributed by atoms with Crippen LogP contribution in [0.1, 0.15) is 35.1 Å². The lowest BCUT2D eigenvalue weighted by Crippen LogP contribution is -2.34. The number of hydrogen-bond acceptors (Lipinski definition) is 3. The summed E-state index contributed by atoms with van der Waals surface area (Å²) in [5.74, 6) is 0.0242. The molecule has 4 heteroatoms. The fraction of sp³-hybridized carbons (Fsp3) is 0.615. The molecule has 0 aliphatic heterocycles. The maximum Gasteiger partial charge on any atom is 0.220 e. The van der Waals surface area contributed by atoms with E-state index in [1.807, 2.05) is 11.3 Å². The molecule has 17 heavy (non-hydrogen) atoms. The van der Waals surface area contributed by atoms with Crippen LogP contribution in [0, 0.1) is 13.8 Å². The molecule has 0 saturated heterocycles. The number of hydrogen-bond donors (Lipinski definition) is 2. The van der Waals surface area contributed by atoms with Crippen LogP contribution in [0.2, 0.25) is 0 Å². The molecule has 0 spiro atoms. The molecule has 0 bridgehead atoms. The van der Waals surface area contributed by atoms with E-state index in [1.54, 1.807) is 6.92 Å². The topological polar surface area (TPSA) is 49.3 Å². The van der Waals surface area contributed by atoms with Crippen LogP contribution in [0.15, 0.2) is 6.07 Å². The average molecular weight is 255 g/mol. The second-order valence-corrected chi connectivity index (χ2v) is 5.90. The van der Waals surface area contributed by atoms with Gasteiger partial charge in [-0.2, -0.15) is 0 Å². The average Bonchev–Trinajstić information content (AvgIpc) is 2.57. The van der Waals surface area contributed by atoms with Crippen LogP contribution >= 0.6 is 11.3 Å². The Morgan fingerprint density at radius 2 is 2.24 bits per heavy atom. The zero-order valence-electron chi connectivity index (χ0n) is 10.7. The molecule has 1 heterocycles. The molecule has 1 rings (SSSR count). The molecule has 1 aromatic heterocycles. The molecule has 0 aliphatic carbocycles. The van der Waals surface area contributed by atoms with E-state index >= 15 is 0 Å². The highest BCUT2D eigenvalue weighted by Gasteiger charge is 2.07. The Labute approximate surface area is 107 Å². The highest BCUT2D eigenvalue weighted by Crippen LogP contribution is 2.22. The van der Waals surface area contributed by atoms with Crippen LogP contribution in [0.25, 0.3) is 0 Å². The van der Waals surface area contributed by atoms with Gasteiger partial charge in [-0.25, -0.2) is 0 Å². The summed E-state index contributed by atoms with van der Waals surface area (Å²) in [4.78, 5) is 14.2. The van der Waals surface area contributed by atoms with Crippen molar-refractivity contribution in [3.05, 3.63) is 21.4 Å². The molecule has 96 valence electrons. The predicted molar refractivity (Wildman–Crippen MR) is 71.4 cm³/mol. The van der Waals surface area contributed by atoms with Crippen molar-refractivity contribution in [2.45, 2.75) is 46.1 Å². The van der Waals surface area contributed by atoms with E-state index in [2.05, 4.69) is 25.2 Å². The second-order valence-electron chi connectivity index (χ2n) is 4.44. The minimum atomic E-state index is -0.146. The molecule has 3 nitrogen and oxygen atoms in total. The zero-order chi connectivity index (χ0) is 12.8. The molecule has 0 radical (unpaired) electrons. The van der Waals surface area contributed by atoms with Gasteiger partial charge in [-0.1, -0.05) is 0 Å². The quantitative estimate of drug-likeness (QED) is 0.818. The molecular weight excluding hydrogens is 234 g/mol. The van der Waals surface area contributed by atoms with Gasteiger partial charge in [0.2, 0.25) is 5.91 Å². The first-order valence-corrected chi connectivity index (χ1v) is 6.80. The van der Waals surface area contributed by atoms with Crippen molar-refractivity contribution in [1.82, 2.24) is 5.32 Å². The van der Waals surface area contributed by atoms with Crippen LogP contribution in [-0.2, 0) is 11.2 Å². The number of aryl methyl sites for hydroxylation is 3. The maximum absolute atomic E-state index is 11.5. The number of amides is 1. The summed E-state index contributed by atoms with van der Waals surface area (Å²) in [6.45, 7) is 6.02. The Bertz CT molecular complexity index is 373. The Balaban J connectivity index is 2.28. The second kappa shape index (κ2) is 6.77. The third-order valence-corrected chi connectivity index (χ3v) is 3.68. The van der Waals surface area contributed by atoms with Gasteiger partial charge < -0.3 is 10.4 Å². The summed E-state index contributed by atoms with van der Waals surface area (Å²) in [5, 5.41) is 11.6. The van der Waals surface area contributed by atoms with Crippen molar-refractivity contribution in [3.8, 4) is 0 Å². The first-order valence-electron chi connectivity index (χ1n) is 5.99. The Hall–Kier alpha value is -0.870. The van der Waals surface area contributed by atoms with E-state index in [0.29, 0.717) is 6.42 Å². The Morgan fingerprint density at radius 3 is 2.76 bits per heavy atom. The number of thiophene rings is 1. The lowest BCUT2D eigenvalue weighted by molar-refractivity contribution is -0.122. The first kappa shape index (κ1) is 14.2. The standard InChI is InChI=1S/C13H21NO2S/c1-9(8-15)14-13(16)6-4-5-12-7-10(2)17-11(12)3/h7,9,15H,4-6,8H2,1-3H3,(H,14,16). The number of carbonyl (C=O) groups is 1. The van der Waals surface area contributed by atoms with Crippen LogP contribution in [0.4, 0.5) is 0 Å². The van der Waals surface area contributed by atoms with Crippen molar-refractivity contribution < 1.29 is 9.90 Å². The van der Waals surface area contributed by atoms with Gasteiger partial charge in [-0.05, 0) is 45.2 Å². The van der Waals surface area contributed by atoms with Gasteiger partial charge in [-0.15, -0.1) is 11.3 Å². The molecule has 0 fully saturated rings. The molecule has 1 aromatic rings. The first-order chi connectivity index (χ1) is 8.02. The number of carbonyl (C=O) groups excluding carboxylic acids is 1. The van der Waals surface area contributed by atoms with Crippen molar-refractivity contribution >= 4 is 17.2 Å². The molecule has 2 N–H and O–H groups in total. The van der Waals surface area contributed by atoms with Crippen LogP contribution in [0.3, 0.4) is 0 Å². The number of aliphatic hydroxyl groups excluding tert-OH is 1. The van der Waals surface area contributed by atoms with Crippen molar-refractivity contribution in [2.24, 2.45) is 0 Å². The third kappa shape index (κ3) is 4.88. The van der Waals surface area contributed by atoms with E-state index in [0.717, 1.165) is 12.8 Å². The van der Waals surface area contributed by atoms with Gasteiger partial charge in [0.1, 0.15) is 0 Å². The van der Waals surface area contributed by atoms with Gasteiger partial charge in [0, 0.05) is 22.2 Å². The summed E-state index contributed by atoms with van der Waals surface area (Å²) in [5.41, 5.74) is 1.36. The molecule has 1 atom stereocenters. The Kier molecular flexibility index (Phi) is 5.65. The molecular formula is C13H21NO2S. The summed E-state index contributed by atoms with van der Waals surface area (Å²) < 4.78 is 0. The van der Waals surface area contributed by atoms with E-state index in [9.17, 15) is 4.79 Å². The monoisotopic (exact) mass is 255 g/mol. The fourth-order valence-electron chi connectivity index (χ4n) is 1.76. The molecule has 1 amide bonds. The van der Waals surface area contributed by atoms with Crippen LogP contribution in [0.5, 0.6) is 0 Å². The van der Waals surface area contributed by atoms with Crippen molar-refractivity contribution in [1.29, 1.82) is 0 Å². The molecule has 0 aliphatic rings. The Morgan fingerprint density at radius 1 is 1.53 bits per heavy atom. The van der Waals surface area contributed by atoms with E-state index in [4.69, 9.17) is 5.11 Å². The highest BCUT2D eigenvalue weighted by atomic mass is 32.1. The predicted octanol–water partition coefficient (Wildman–Crippen LogP) is 2.18. The highest BCUT2D eigenvalue weighted by molar-refractivity contribution is 7.12. The van der Waals surface area contributed by atoms with Crippen LogP contribution in [-0.4, -0.2) is 23.7 Å². The van der Waals surface area contributed by atoms with Crippen molar-refractivity contribution in [2.75, 3.05) is 6.61 Å². The lowest BCUT2D eigenvalue weighted by atomic mass is 10.1.